The first-order chi connectivity index (χ1) is 9.33. The van der Waals surface area contributed by atoms with Gasteiger partial charge in [-0.05, 0) is 42.8 Å². The average Bonchev–Trinajstić information content (AvgIpc) is 2.87. The molecule has 0 bridgehead atoms. The van der Waals surface area contributed by atoms with Gasteiger partial charge >= 0.3 is 0 Å². The normalized spacial score (nSPS) is 10.6. The summed E-state index contributed by atoms with van der Waals surface area (Å²) in [6, 6.07) is 12.5. The lowest BCUT2D eigenvalue weighted by molar-refractivity contribution is 0.414. The maximum absolute atomic E-state index is 5.26. The molecule has 0 amide bonds. The van der Waals surface area contributed by atoms with Gasteiger partial charge < -0.3 is 14.6 Å². The van der Waals surface area contributed by atoms with Crippen LogP contribution in [-0.4, -0.2) is 18.2 Å². The van der Waals surface area contributed by atoms with E-state index < -0.39 is 0 Å². The van der Waals surface area contributed by atoms with Crippen molar-refractivity contribution in [2.45, 2.75) is 26.4 Å². The summed E-state index contributed by atoms with van der Waals surface area (Å²) in [5, 5.41) is 3.44. The van der Waals surface area contributed by atoms with E-state index in [1.807, 2.05) is 12.1 Å². The highest BCUT2D eigenvalue weighted by atomic mass is 16.5. The topological polar surface area (TPSA) is 26.2 Å². The Hall–Kier alpha value is -1.74. The van der Waals surface area contributed by atoms with Crippen LogP contribution in [0.15, 0.2) is 42.6 Å². The van der Waals surface area contributed by atoms with Crippen LogP contribution in [0.3, 0.4) is 0 Å². The highest BCUT2D eigenvalue weighted by Gasteiger charge is 2.02. The van der Waals surface area contributed by atoms with Gasteiger partial charge in [-0.1, -0.05) is 19.1 Å². The summed E-state index contributed by atoms with van der Waals surface area (Å²) in [5.74, 6) is 0.912. The molecule has 0 fully saturated rings. The second kappa shape index (κ2) is 7.00. The van der Waals surface area contributed by atoms with E-state index in [9.17, 15) is 0 Å². The largest absolute Gasteiger partial charge is 0.497 e. The molecule has 102 valence electrons. The molecule has 1 heterocycles. The summed E-state index contributed by atoms with van der Waals surface area (Å²) in [6.45, 7) is 5.05. The number of ether oxygens (including phenoxy) is 1. The lowest BCUT2D eigenvalue weighted by Crippen LogP contribution is -2.17. The summed E-state index contributed by atoms with van der Waals surface area (Å²) in [7, 11) is 1.70. The third kappa shape index (κ3) is 3.86. The van der Waals surface area contributed by atoms with Crippen LogP contribution >= 0.6 is 0 Å². The van der Waals surface area contributed by atoms with Gasteiger partial charge in [0.05, 0.1) is 7.11 Å². The van der Waals surface area contributed by atoms with E-state index in [1.165, 1.54) is 11.3 Å². The Morgan fingerprint density at radius 2 is 2.11 bits per heavy atom. The maximum atomic E-state index is 5.26. The molecule has 0 atom stereocenters. The third-order valence-corrected chi connectivity index (χ3v) is 3.14. The zero-order valence-corrected chi connectivity index (χ0v) is 11.7. The molecule has 0 aliphatic rings. The van der Waals surface area contributed by atoms with Gasteiger partial charge in [-0.2, -0.15) is 0 Å². The molecule has 3 heteroatoms. The Morgan fingerprint density at radius 1 is 1.21 bits per heavy atom. The van der Waals surface area contributed by atoms with Gasteiger partial charge in [0.25, 0.3) is 0 Å². The molecule has 2 rings (SSSR count). The van der Waals surface area contributed by atoms with Crippen LogP contribution in [0.25, 0.3) is 0 Å². The number of nitrogens with one attached hydrogen (secondary N) is 1. The SMILES string of the molecule is CCCNCc1cccn1Cc1cccc(OC)c1. The van der Waals surface area contributed by atoms with Crippen molar-refractivity contribution in [2.75, 3.05) is 13.7 Å². The van der Waals surface area contributed by atoms with Crippen molar-refractivity contribution >= 4 is 0 Å². The van der Waals surface area contributed by atoms with Crippen LogP contribution in [0.5, 0.6) is 5.75 Å². The van der Waals surface area contributed by atoms with Crippen LogP contribution in [0, 0.1) is 0 Å². The Labute approximate surface area is 115 Å². The lowest BCUT2D eigenvalue weighted by Gasteiger charge is -2.11. The summed E-state index contributed by atoms with van der Waals surface area (Å²) in [6.07, 6.45) is 3.29. The second-order valence-corrected chi connectivity index (χ2v) is 4.66. The van der Waals surface area contributed by atoms with Crippen molar-refractivity contribution < 1.29 is 4.74 Å². The number of aromatic nitrogens is 1. The minimum atomic E-state index is 0.882. The molecule has 1 N–H and O–H groups in total. The van der Waals surface area contributed by atoms with E-state index >= 15 is 0 Å². The molecule has 19 heavy (non-hydrogen) atoms. The van der Waals surface area contributed by atoms with E-state index in [0.29, 0.717) is 0 Å². The minimum Gasteiger partial charge on any atom is -0.497 e. The fourth-order valence-corrected chi connectivity index (χ4v) is 2.12. The fourth-order valence-electron chi connectivity index (χ4n) is 2.12. The Balaban J connectivity index is 2.03. The van der Waals surface area contributed by atoms with Crippen molar-refractivity contribution in [1.82, 2.24) is 9.88 Å². The second-order valence-electron chi connectivity index (χ2n) is 4.66. The van der Waals surface area contributed by atoms with Crippen molar-refractivity contribution in [3.05, 3.63) is 53.9 Å². The molecule has 2 aromatic rings. The highest BCUT2D eigenvalue weighted by molar-refractivity contribution is 5.29. The molecular formula is C16H22N2O. The number of methoxy groups -OCH3 is 1. The predicted octanol–water partition coefficient (Wildman–Crippen LogP) is 3.04. The van der Waals surface area contributed by atoms with E-state index in [1.54, 1.807) is 7.11 Å². The summed E-state index contributed by atoms with van der Waals surface area (Å²) in [5.41, 5.74) is 2.57. The van der Waals surface area contributed by atoms with E-state index in [0.717, 1.165) is 31.8 Å². The Kier molecular flexibility index (Phi) is 5.04. The first-order valence-corrected chi connectivity index (χ1v) is 6.81. The van der Waals surface area contributed by atoms with Crippen LogP contribution in [0.2, 0.25) is 0 Å². The van der Waals surface area contributed by atoms with Crippen molar-refractivity contribution in [2.24, 2.45) is 0 Å². The molecule has 3 nitrogen and oxygen atoms in total. The van der Waals surface area contributed by atoms with Crippen LogP contribution in [0.4, 0.5) is 0 Å². The van der Waals surface area contributed by atoms with Gasteiger partial charge in [-0.3, -0.25) is 0 Å². The van der Waals surface area contributed by atoms with Crippen LogP contribution in [-0.2, 0) is 13.1 Å². The first-order valence-electron chi connectivity index (χ1n) is 6.81. The lowest BCUT2D eigenvalue weighted by atomic mass is 10.2. The first kappa shape index (κ1) is 13.7. The van der Waals surface area contributed by atoms with Crippen molar-refractivity contribution in [1.29, 1.82) is 0 Å². The molecule has 0 radical (unpaired) electrons. The Morgan fingerprint density at radius 3 is 2.89 bits per heavy atom. The molecular weight excluding hydrogens is 236 g/mol. The smallest absolute Gasteiger partial charge is 0.119 e. The molecule has 0 saturated carbocycles. The minimum absolute atomic E-state index is 0.882. The van der Waals surface area contributed by atoms with E-state index in [4.69, 9.17) is 4.74 Å². The van der Waals surface area contributed by atoms with E-state index in [-0.39, 0.29) is 0 Å². The number of hydrogen-bond donors (Lipinski definition) is 1. The van der Waals surface area contributed by atoms with Crippen molar-refractivity contribution in [3.63, 3.8) is 0 Å². The van der Waals surface area contributed by atoms with Crippen LogP contribution in [0.1, 0.15) is 24.6 Å². The van der Waals surface area contributed by atoms with Gasteiger partial charge in [0, 0.05) is 25.0 Å². The number of nitrogens with zero attached hydrogens (tertiary/aromatic N) is 1. The molecule has 0 saturated heterocycles. The molecule has 0 aliphatic carbocycles. The summed E-state index contributed by atoms with van der Waals surface area (Å²) in [4.78, 5) is 0. The number of benzene rings is 1. The van der Waals surface area contributed by atoms with Gasteiger partial charge in [0.1, 0.15) is 5.75 Å². The highest BCUT2D eigenvalue weighted by Crippen LogP contribution is 2.14. The Bertz CT molecular complexity index is 505. The monoisotopic (exact) mass is 258 g/mol. The average molecular weight is 258 g/mol. The quantitative estimate of drug-likeness (QED) is 0.773. The predicted molar refractivity (Wildman–Crippen MR) is 78.5 cm³/mol. The zero-order valence-electron chi connectivity index (χ0n) is 11.7. The fraction of sp³-hybridized carbons (Fsp3) is 0.375. The molecule has 0 aliphatic heterocycles. The molecule has 1 aromatic carbocycles. The van der Waals surface area contributed by atoms with Gasteiger partial charge in [0.15, 0.2) is 0 Å². The molecule has 1 aromatic heterocycles. The standard InChI is InChI=1S/C16H22N2O/c1-3-9-17-12-15-7-5-10-18(15)13-14-6-4-8-16(11-14)19-2/h4-8,10-11,17H,3,9,12-13H2,1-2H3. The molecule has 0 unspecified atom stereocenters. The summed E-state index contributed by atoms with van der Waals surface area (Å²) < 4.78 is 7.54. The molecule has 0 spiro atoms. The van der Waals surface area contributed by atoms with Gasteiger partial charge in [0.2, 0.25) is 0 Å². The third-order valence-electron chi connectivity index (χ3n) is 3.14. The van der Waals surface area contributed by atoms with Crippen LogP contribution < -0.4 is 10.1 Å². The maximum Gasteiger partial charge on any atom is 0.119 e. The van der Waals surface area contributed by atoms with E-state index in [2.05, 4.69) is 47.3 Å². The zero-order chi connectivity index (χ0) is 13.5. The number of hydrogen-bond acceptors (Lipinski definition) is 2. The van der Waals surface area contributed by atoms with Crippen molar-refractivity contribution in [3.8, 4) is 5.75 Å². The van der Waals surface area contributed by atoms with Gasteiger partial charge in [-0.15, -0.1) is 0 Å². The van der Waals surface area contributed by atoms with Gasteiger partial charge in [-0.25, -0.2) is 0 Å². The summed E-state index contributed by atoms with van der Waals surface area (Å²) >= 11 is 0. The number of rotatable bonds is 7.